The Kier molecular flexibility index (Phi) is 7.12. The first kappa shape index (κ1) is 12.0. The van der Waals surface area contributed by atoms with Crippen molar-refractivity contribution in [2.45, 2.75) is 13.3 Å². The molecule has 0 aromatic heterocycles. The van der Waals surface area contributed by atoms with Gasteiger partial charge in [-0.15, -0.1) is 18.2 Å². The van der Waals surface area contributed by atoms with E-state index >= 15 is 0 Å². The van der Waals surface area contributed by atoms with Crippen LogP contribution in [0.5, 0.6) is 0 Å². The fraction of sp³-hybridized carbons (Fsp3) is 0.556. The van der Waals surface area contributed by atoms with Crippen LogP contribution in [0.3, 0.4) is 0 Å². The maximum absolute atomic E-state index is 10.9. The molecule has 1 amide bonds. The minimum Gasteiger partial charge on any atom is -0.355 e. The van der Waals surface area contributed by atoms with E-state index in [0.717, 1.165) is 5.75 Å². The van der Waals surface area contributed by atoms with Crippen molar-refractivity contribution >= 4 is 23.5 Å². The second-order valence-electron chi connectivity index (χ2n) is 2.49. The minimum atomic E-state index is -0.214. The van der Waals surface area contributed by atoms with Gasteiger partial charge < -0.3 is 5.32 Å². The van der Waals surface area contributed by atoms with Crippen LogP contribution in [0.15, 0.2) is 0 Å². The number of hydrogen-bond acceptors (Lipinski definition) is 3. The molecule has 4 heteroatoms. The topological polar surface area (TPSA) is 46.2 Å². The lowest BCUT2D eigenvalue weighted by atomic mass is 10.3. The predicted molar refractivity (Wildman–Crippen MR) is 54.5 cm³/mol. The Labute approximate surface area is 82.7 Å². The van der Waals surface area contributed by atoms with Gasteiger partial charge in [0.25, 0.3) is 0 Å². The third-order valence-corrected chi connectivity index (χ3v) is 2.03. The zero-order valence-corrected chi connectivity index (χ0v) is 8.45. The van der Waals surface area contributed by atoms with Crippen LogP contribution in [-0.4, -0.2) is 29.7 Å². The van der Waals surface area contributed by atoms with E-state index in [-0.39, 0.29) is 18.1 Å². The monoisotopic (exact) mass is 199 g/mol. The van der Waals surface area contributed by atoms with Gasteiger partial charge in [0.1, 0.15) is 5.78 Å². The van der Waals surface area contributed by atoms with Gasteiger partial charge in [-0.1, -0.05) is 5.92 Å². The van der Waals surface area contributed by atoms with Crippen LogP contribution in [0.4, 0.5) is 0 Å². The molecule has 0 heterocycles. The molecule has 1 N–H and O–H groups in total. The highest BCUT2D eigenvalue weighted by Gasteiger charge is 2.02. The second-order valence-corrected chi connectivity index (χ2v) is 3.59. The van der Waals surface area contributed by atoms with Gasteiger partial charge in [-0.05, 0) is 6.92 Å². The van der Waals surface area contributed by atoms with E-state index in [1.807, 2.05) is 0 Å². The fourth-order valence-corrected chi connectivity index (χ4v) is 1.19. The number of carbonyl (C=O) groups is 2. The molecule has 72 valence electrons. The quantitative estimate of drug-likeness (QED) is 0.384. The van der Waals surface area contributed by atoms with Gasteiger partial charge in [0, 0.05) is 12.3 Å². The lowest BCUT2D eigenvalue weighted by Gasteiger charge is -2.01. The average Bonchev–Trinajstić information content (AvgIpc) is 2.02. The first-order valence-corrected chi connectivity index (χ1v) is 5.09. The molecule has 0 atom stereocenters. The van der Waals surface area contributed by atoms with Crippen LogP contribution in [0.1, 0.15) is 13.3 Å². The number of amides is 1. The maximum atomic E-state index is 10.9. The highest BCUT2D eigenvalue weighted by atomic mass is 32.2. The number of rotatable bonds is 6. The van der Waals surface area contributed by atoms with Gasteiger partial charge in [-0.2, -0.15) is 0 Å². The number of terminal acetylenes is 1. The smallest absolute Gasteiger partial charge is 0.227 e. The molecular weight excluding hydrogens is 186 g/mol. The lowest BCUT2D eigenvalue weighted by molar-refractivity contribution is -0.127. The zero-order chi connectivity index (χ0) is 10.1. The van der Waals surface area contributed by atoms with Crippen molar-refractivity contribution in [2.75, 3.05) is 18.1 Å². The van der Waals surface area contributed by atoms with Crippen molar-refractivity contribution in [1.29, 1.82) is 0 Å². The van der Waals surface area contributed by atoms with E-state index in [4.69, 9.17) is 6.42 Å². The average molecular weight is 199 g/mol. The molecule has 0 aromatic rings. The van der Waals surface area contributed by atoms with Crippen molar-refractivity contribution in [3.63, 3.8) is 0 Å². The Hall–Kier alpha value is -0.950. The summed E-state index contributed by atoms with van der Waals surface area (Å²) in [6.07, 6.45) is 5.01. The molecule has 0 aliphatic carbocycles. The van der Waals surface area contributed by atoms with E-state index in [9.17, 15) is 9.59 Å². The van der Waals surface area contributed by atoms with Gasteiger partial charge >= 0.3 is 0 Å². The van der Waals surface area contributed by atoms with Crippen molar-refractivity contribution in [1.82, 2.24) is 5.32 Å². The lowest BCUT2D eigenvalue weighted by Crippen LogP contribution is -2.27. The molecule has 0 saturated heterocycles. The molecule has 3 nitrogen and oxygen atoms in total. The third kappa shape index (κ3) is 8.96. The molecular formula is C9H13NO2S. The van der Waals surface area contributed by atoms with Gasteiger partial charge in [0.05, 0.1) is 12.2 Å². The van der Waals surface area contributed by atoms with Gasteiger partial charge in [-0.3, -0.25) is 9.59 Å². The Balaban J connectivity index is 3.28. The van der Waals surface area contributed by atoms with E-state index in [2.05, 4.69) is 11.2 Å². The van der Waals surface area contributed by atoms with Crippen molar-refractivity contribution in [2.24, 2.45) is 0 Å². The normalized spacial score (nSPS) is 8.92. The summed E-state index contributed by atoms with van der Waals surface area (Å²) in [7, 11) is 0. The molecule has 0 radical (unpaired) electrons. The Morgan fingerprint density at radius 3 is 2.77 bits per heavy atom. The van der Waals surface area contributed by atoms with Crippen molar-refractivity contribution < 1.29 is 9.59 Å². The highest BCUT2D eigenvalue weighted by Crippen LogP contribution is 1.95. The molecule has 0 saturated carbocycles. The third-order valence-electron chi connectivity index (χ3n) is 1.16. The van der Waals surface area contributed by atoms with Crippen LogP contribution in [0, 0.1) is 12.3 Å². The Morgan fingerprint density at radius 2 is 2.23 bits per heavy atom. The van der Waals surface area contributed by atoms with Crippen LogP contribution in [0.25, 0.3) is 0 Å². The summed E-state index contributed by atoms with van der Waals surface area (Å²) in [5, 5.41) is 2.62. The SMILES string of the molecule is C#CCSCCNC(=O)CC(C)=O. The number of hydrogen-bond donors (Lipinski definition) is 1. The summed E-state index contributed by atoms with van der Waals surface area (Å²) >= 11 is 1.58. The molecule has 0 spiro atoms. The van der Waals surface area contributed by atoms with Crippen molar-refractivity contribution in [3.05, 3.63) is 0 Å². The van der Waals surface area contributed by atoms with E-state index in [1.165, 1.54) is 6.92 Å². The first-order valence-electron chi connectivity index (χ1n) is 3.94. The standard InChI is InChI=1S/C9H13NO2S/c1-3-5-13-6-4-10-9(12)7-8(2)11/h1H,4-7H2,2H3,(H,10,12). The summed E-state index contributed by atoms with van der Waals surface area (Å²) in [4.78, 5) is 21.4. The van der Waals surface area contributed by atoms with Crippen molar-refractivity contribution in [3.8, 4) is 12.3 Å². The zero-order valence-electron chi connectivity index (χ0n) is 7.63. The minimum absolute atomic E-state index is 0.0280. The number of Topliss-reactive ketones (excluding diaryl/α,β-unsaturated/α-hetero) is 1. The van der Waals surface area contributed by atoms with E-state index in [1.54, 1.807) is 11.8 Å². The van der Waals surface area contributed by atoms with E-state index < -0.39 is 0 Å². The molecule has 0 aliphatic heterocycles. The fourth-order valence-electron chi connectivity index (χ4n) is 0.682. The first-order chi connectivity index (χ1) is 6.16. The summed E-state index contributed by atoms with van der Waals surface area (Å²) in [6, 6.07) is 0. The molecule has 0 aliphatic rings. The second kappa shape index (κ2) is 7.69. The Morgan fingerprint density at radius 1 is 1.54 bits per heavy atom. The van der Waals surface area contributed by atoms with Gasteiger partial charge in [0.15, 0.2) is 0 Å². The number of nitrogens with one attached hydrogen (secondary N) is 1. The Bertz CT molecular complexity index is 220. The molecule has 0 unspecified atom stereocenters. The van der Waals surface area contributed by atoms with E-state index in [0.29, 0.717) is 12.3 Å². The van der Waals surface area contributed by atoms with Crippen LogP contribution >= 0.6 is 11.8 Å². The summed E-state index contributed by atoms with van der Waals surface area (Å²) in [5.74, 6) is 3.59. The molecule has 0 bridgehead atoms. The largest absolute Gasteiger partial charge is 0.355 e. The maximum Gasteiger partial charge on any atom is 0.227 e. The molecule has 0 fully saturated rings. The highest BCUT2D eigenvalue weighted by molar-refractivity contribution is 7.99. The number of thioether (sulfide) groups is 1. The molecule has 0 aromatic carbocycles. The summed E-state index contributed by atoms with van der Waals surface area (Å²) in [5.41, 5.74) is 0. The molecule has 0 rings (SSSR count). The number of ketones is 1. The van der Waals surface area contributed by atoms with Crippen LogP contribution in [-0.2, 0) is 9.59 Å². The van der Waals surface area contributed by atoms with Gasteiger partial charge in [0.2, 0.25) is 5.91 Å². The molecule has 13 heavy (non-hydrogen) atoms. The summed E-state index contributed by atoms with van der Waals surface area (Å²) in [6.45, 7) is 1.96. The van der Waals surface area contributed by atoms with Crippen LogP contribution < -0.4 is 5.32 Å². The predicted octanol–water partition coefficient (Wildman–Crippen LogP) is 0.448. The number of carbonyl (C=O) groups excluding carboxylic acids is 2. The van der Waals surface area contributed by atoms with Gasteiger partial charge in [-0.25, -0.2) is 0 Å². The van der Waals surface area contributed by atoms with Crippen LogP contribution in [0.2, 0.25) is 0 Å². The summed E-state index contributed by atoms with van der Waals surface area (Å²) < 4.78 is 0.